The molecule has 4 rings (SSSR count). The maximum Gasteiger partial charge on any atom is 0.0712 e. The van der Waals surface area contributed by atoms with E-state index in [1.54, 1.807) is 5.19 Å². The van der Waals surface area contributed by atoms with Crippen molar-refractivity contribution < 1.29 is 17.1 Å². The second-order valence-corrected chi connectivity index (χ2v) is 17.1. The van der Waals surface area contributed by atoms with E-state index < -0.39 is 13.2 Å². The summed E-state index contributed by atoms with van der Waals surface area (Å²) in [6.45, 7) is 14.3. The second-order valence-electron chi connectivity index (χ2n) is 10.7. The average molecular weight is 561 g/mol. The number of hydrogen-bond acceptors (Lipinski definition) is 2. The van der Waals surface area contributed by atoms with E-state index in [9.17, 15) is 0 Å². The summed E-state index contributed by atoms with van der Waals surface area (Å²) in [4.78, 5) is 9.63. The molecular formula is C29H38FeN2P2Si-6. The van der Waals surface area contributed by atoms with Crippen molar-refractivity contribution >= 4 is 31.7 Å². The van der Waals surface area contributed by atoms with Crippen LogP contribution in [-0.2, 0) is 33.8 Å². The van der Waals surface area contributed by atoms with E-state index in [2.05, 4.69) is 89.2 Å². The summed E-state index contributed by atoms with van der Waals surface area (Å²) < 4.78 is 0. The third-order valence-electron chi connectivity index (χ3n) is 6.02. The van der Waals surface area contributed by atoms with Gasteiger partial charge in [-0.05, 0) is 24.3 Å². The zero-order valence-electron chi connectivity index (χ0n) is 21.7. The minimum Gasteiger partial charge on any atom is -0.748 e. The third kappa shape index (κ3) is 6.68. The molecule has 35 heavy (non-hydrogen) atoms. The summed E-state index contributed by atoms with van der Waals surface area (Å²) in [5, 5.41) is 1.06. The quantitative estimate of drug-likeness (QED) is 0.150. The van der Waals surface area contributed by atoms with Crippen LogP contribution in [0.4, 0.5) is 0 Å². The van der Waals surface area contributed by atoms with Crippen molar-refractivity contribution in [3.05, 3.63) is 113 Å². The number of nitrogens with zero attached hydrogens (tertiary/aromatic N) is 2. The SMILES string of the molecule is CC(C)(C)[c-]1c([Si](C)(C)C)cc(CP)c1C(P)(c1ccccn1)c1ccccn1.[Fe].[cH-]1[cH-][cH-][cH-][cH-]1. The van der Waals surface area contributed by atoms with E-state index in [1.165, 1.54) is 16.7 Å². The predicted molar refractivity (Wildman–Crippen MR) is 157 cm³/mol. The Morgan fingerprint density at radius 2 is 1.31 bits per heavy atom. The van der Waals surface area contributed by atoms with Crippen LogP contribution in [0, 0.1) is 0 Å². The first-order chi connectivity index (χ1) is 16.0. The van der Waals surface area contributed by atoms with Gasteiger partial charge in [0.15, 0.2) is 0 Å². The molecule has 2 nitrogen and oxygen atoms in total. The molecule has 0 amide bonds. The van der Waals surface area contributed by atoms with Gasteiger partial charge in [0.2, 0.25) is 0 Å². The predicted octanol–water partition coefficient (Wildman–Crippen LogP) is 6.98. The first kappa shape index (κ1) is 29.8. The first-order valence-corrected chi connectivity index (χ1v) is 16.7. The van der Waals surface area contributed by atoms with Crippen molar-refractivity contribution in [2.45, 2.75) is 57.1 Å². The van der Waals surface area contributed by atoms with Crippen LogP contribution in [0.25, 0.3) is 0 Å². The van der Waals surface area contributed by atoms with Crippen LogP contribution >= 0.6 is 18.5 Å². The molecule has 0 spiro atoms. The molecule has 0 bridgehead atoms. The van der Waals surface area contributed by atoms with Gasteiger partial charge in [-0.3, -0.25) is 9.97 Å². The second kappa shape index (κ2) is 12.2. The minimum atomic E-state index is -1.55. The van der Waals surface area contributed by atoms with E-state index in [1.807, 2.05) is 54.9 Å². The van der Waals surface area contributed by atoms with Gasteiger partial charge >= 0.3 is 0 Å². The topological polar surface area (TPSA) is 25.8 Å². The maximum atomic E-state index is 4.82. The molecule has 6 heteroatoms. The molecule has 2 aromatic heterocycles. The van der Waals surface area contributed by atoms with Crippen molar-refractivity contribution in [2.24, 2.45) is 0 Å². The number of hydrogen-bond donors (Lipinski definition) is 0. The van der Waals surface area contributed by atoms with Crippen molar-refractivity contribution in [2.75, 3.05) is 0 Å². The maximum absolute atomic E-state index is 4.82. The number of rotatable bonds is 5. The molecule has 0 aliphatic rings. The molecule has 0 N–H and O–H groups in total. The summed E-state index contributed by atoms with van der Waals surface area (Å²) in [5.74, 6) is 0. The van der Waals surface area contributed by atoms with E-state index in [-0.39, 0.29) is 22.5 Å². The molecule has 2 heterocycles. The van der Waals surface area contributed by atoms with E-state index in [0.29, 0.717) is 0 Å². The molecule has 2 unspecified atom stereocenters. The summed E-state index contributed by atoms with van der Waals surface area (Å²) in [5.41, 5.74) is 6.26. The molecule has 192 valence electrons. The van der Waals surface area contributed by atoms with Crippen LogP contribution in [0.15, 0.2) is 85.2 Å². The minimum absolute atomic E-state index is 0. The fourth-order valence-corrected chi connectivity index (χ4v) is 7.35. The summed E-state index contributed by atoms with van der Waals surface area (Å²) in [6, 6.07) is 24.8. The molecule has 2 aromatic carbocycles. The van der Waals surface area contributed by atoms with E-state index in [0.717, 1.165) is 17.5 Å². The Labute approximate surface area is 228 Å². The van der Waals surface area contributed by atoms with Crippen LogP contribution in [0.5, 0.6) is 0 Å². The Kier molecular flexibility index (Phi) is 10.4. The van der Waals surface area contributed by atoms with Gasteiger partial charge in [0.25, 0.3) is 0 Å². The molecule has 2 atom stereocenters. The van der Waals surface area contributed by atoms with Crippen LogP contribution in [0.3, 0.4) is 0 Å². The van der Waals surface area contributed by atoms with Gasteiger partial charge in [-0.2, -0.15) is 10.8 Å². The van der Waals surface area contributed by atoms with E-state index in [4.69, 9.17) is 9.97 Å². The molecule has 4 aromatic rings. The molecule has 0 aliphatic carbocycles. The van der Waals surface area contributed by atoms with Gasteiger partial charge < -0.3 is 30.3 Å². The molecule has 0 saturated carbocycles. The smallest absolute Gasteiger partial charge is 0.0712 e. The fraction of sp³-hybridized carbons (Fsp3) is 0.310. The van der Waals surface area contributed by atoms with Gasteiger partial charge in [-0.1, -0.05) is 64.1 Å². The van der Waals surface area contributed by atoms with Gasteiger partial charge in [-0.25, -0.2) is 6.07 Å². The number of aromatic nitrogens is 2. The monoisotopic (exact) mass is 560 g/mol. The van der Waals surface area contributed by atoms with Gasteiger partial charge in [0.05, 0.1) is 24.6 Å². The Balaban J connectivity index is 0.000000640. The van der Waals surface area contributed by atoms with Gasteiger partial charge in [0, 0.05) is 29.5 Å². The standard InChI is InChI=1S/C24H33N2P2Si.C5H5.Fe/c1-23(2,3)22-18(29(4,5)6)15-17(16-27)21(22)24(28,19-11-7-9-13-25-19)20-12-8-10-14-26-20;1-2-4-5-3-1;/h7-15H,16,27-28H2,1-6H3;1-5H;/q-1;-5;. The Hall–Kier alpha value is -1.40. The first-order valence-electron chi connectivity index (χ1n) is 11.8. The fourth-order valence-electron chi connectivity index (χ4n) is 4.50. The zero-order valence-corrected chi connectivity index (χ0v) is 26.1. The average Bonchev–Trinajstić information content (AvgIpc) is 3.51. The third-order valence-corrected chi connectivity index (χ3v) is 9.36. The summed E-state index contributed by atoms with van der Waals surface area (Å²) >= 11 is 0. The molecular weight excluding hydrogens is 522 g/mol. The van der Waals surface area contributed by atoms with Gasteiger partial charge in [-0.15, -0.1) is 29.6 Å². The Bertz CT molecular complexity index is 1100. The molecule has 0 radical (unpaired) electrons. The van der Waals surface area contributed by atoms with Crippen LogP contribution in [0.1, 0.15) is 48.8 Å². The largest absolute Gasteiger partial charge is 0.748 e. The van der Waals surface area contributed by atoms with Crippen molar-refractivity contribution in [3.63, 3.8) is 0 Å². The van der Waals surface area contributed by atoms with Crippen LogP contribution in [-0.4, -0.2) is 18.0 Å². The normalized spacial score (nSPS) is 11.9. The number of pyridine rings is 2. The van der Waals surface area contributed by atoms with Crippen LogP contribution < -0.4 is 5.19 Å². The van der Waals surface area contributed by atoms with E-state index >= 15 is 0 Å². The van der Waals surface area contributed by atoms with Crippen molar-refractivity contribution in [1.29, 1.82) is 0 Å². The zero-order chi connectivity index (χ0) is 25.0. The van der Waals surface area contributed by atoms with Gasteiger partial charge in [0.1, 0.15) is 0 Å². The summed E-state index contributed by atoms with van der Waals surface area (Å²) in [6.07, 6.45) is 4.69. The Morgan fingerprint density at radius 3 is 1.63 bits per heavy atom. The summed E-state index contributed by atoms with van der Waals surface area (Å²) in [7, 11) is 4.54. The van der Waals surface area contributed by atoms with Crippen LogP contribution in [0.2, 0.25) is 19.6 Å². The Morgan fingerprint density at radius 1 is 0.857 bits per heavy atom. The van der Waals surface area contributed by atoms with Crippen molar-refractivity contribution in [3.8, 4) is 0 Å². The molecule has 0 saturated heterocycles. The molecule has 0 fully saturated rings. The van der Waals surface area contributed by atoms with Crippen molar-refractivity contribution in [1.82, 2.24) is 9.97 Å². The molecule has 0 aliphatic heterocycles.